The molecule has 3 atom stereocenters. The molecule has 3 unspecified atom stereocenters. The Balaban J connectivity index is 1.91. The number of carbonyl (C=O) groups is 1. The van der Waals surface area contributed by atoms with Crippen LogP contribution in [-0.2, 0) is 0 Å². The molecule has 0 saturated carbocycles. The standard InChI is InChI=1S/C13H12F3NO/c14-9-3-2-7(11(15)12(9)16)13(18)8-5-6-1-4-10(8)17-6/h2-3,6,8,10,17H,1,4-5H2. The van der Waals surface area contributed by atoms with E-state index in [4.69, 9.17) is 0 Å². The third-order valence-corrected chi connectivity index (χ3v) is 3.94. The van der Waals surface area contributed by atoms with E-state index in [9.17, 15) is 18.0 Å². The number of fused-ring (bicyclic) bond motifs is 2. The number of ketones is 1. The van der Waals surface area contributed by atoms with Crippen LogP contribution < -0.4 is 5.32 Å². The van der Waals surface area contributed by atoms with Crippen LogP contribution in [0.3, 0.4) is 0 Å². The summed E-state index contributed by atoms with van der Waals surface area (Å²) in [6.07, 6.45) is 2.56. The third kappa shape index (κ3) is 1.65. The first-order valence-electron chi connectivity index (χ1n) is 6.01. The molecule has 0 aliphatic carbocycles. The molecule has 18 heavy (non-hydrogen) atoms. The van der Waals surface area contributed by atoms with E-state index < -0.39 is 23.2 Å². The second-order valence-electron chi connectivity index (χ2n) is 4.98. The average Bonchev–Trinajstić information content (AvgIpc) is 2.97. The molecule has 0 aromatic heterocycles. The van der Waals surface area contributed by atoms with Crippen molar-refractivity contribution in [3.63, 3.8) is 0 Å². The molecule has 0 amide bonds. The van der Waals surface area contributed by atoms with Crippen molar-refractivity contribution in [2.24, 2.45) is 5.92 Å². The lowest BCUT2D eigenvalue weighted by Gasteiger charge is -2.19. The number of hydrogen-bond acceptors (Lipinski definition) is 2. The maximum absolute atomic E-state index is 13.6. The zero-order valence-electron chi connectivity index (χ0n) is 9.55. The number of nitrogens with one attached hydrogen (secondary N) is 1. The smallest absolute Gasteiger partial charge is 0.195 e. The van der Waals surface area contributed by atoms with Crippen molar-refractivity contribution < 1.29 is 18.0 Å². The first-order valence-corrected chi connectivity index (χ1v) is 6.01. The van der Waals surface area contributed by atoms with Crippen molar-refractivity contribution >= 4 is 5.78 Å². The second-order valence-corrected chi connectivity index (χ2v) is 4.98. The van der Waals surface area contributed by atoms with Crippen LogP contribution in [0.4, 0.5) is 13.2 Å². The highest BCUT2D eigenvalue weighted by Gasteiger charge is 2.43. The summed E-state index contributed by atoms with van der Waals surface area (Å²) in [6.45, 7) is 0. The van der Waals surface area contributed by atoms with Gasteiger partial charge in [0.05, 0.1) is 5.56 Å². The van der Waals surface area contributed by atoms with Crippen molar-refractivity contribution in [3.05, 3.63) is 35.1 Å². The van der Waals surface area contributed by atoms with Crippen LogP contribution in [0.1, 0.15) is 29.6 Å². The van der Waals surface area contributed by atoms with Gasteiger partial charge in [0.25, 0.3) is 0 Å². The molecule has 2 aliphatic rings. The van der Waals surface area contributed by atoms with E-state index in [0.29, 0.717) is 12.5 Å². The van der Waals surface area contributed by atoms with Gasteiger partial charge in [0, 0.05) is 18.0 Å². The third-order valence-electron chi connectivity index (χ3n) is 3.94. The van der Waals surface area contributed by atoms with Crippen LogP contribution in [0.2, 0.25) is 0 Å². The van der Waals surface area contributed by atoms with Gasteiger partial charge in [-0.2, -0.15) is 0 Å². The second kappa shape index (κ2) is 4.09. The van der Waals surface area contributed by atoms with Gasteiger partial charge in [0.2, 0.25) is 0 Å². The maximum Gasteiger partial charge on any atom is 0.195 e. The van der Waals surface area contributed by atoms with Crippen LogP contribution in [-0.4, -0.2) is 17.9 Å². The SMILES string of the molecule is O=C(c1ccc(F)c(F)c1F)C1CC2CCC1N2. The quantitative estimate of drug-likeness (QED) is 0.649. The molecule has 0 radical (unpaired) electrons. The molecule has 2 nitrogen and oxygen atoms in total. The van der Waals surface area contributed by atoms with Crippen LogP contribution in [0.15, 0.2) is 12.1 Å². The highest BCUT2D eigenvalue weighted by atomic mass is 19.2. The predicted molar refractivity (Wildman–Crippen MR) is 58.7 cm³/mol. The minimum atomic E-state index is -1.57. The van der Waals surface area contributed by atoms with E-state index in [1.165, 1.54) is 0 Å². The summed E-state index contributed by atoms with van der Waals surface area (Å²) in [5.41, 5.74) is -0.340. The molecule has 2 saturated heterocycles. The van der Waals surface area contributed by atoms with E-state index in [2.05, 4.69) is 5.32 Å². The summed E-state index contributed by atoms with van der Waals surface area (Å²) >= 11 is 0. The zero-order chi connectivity index (χ0) is 12.9. The molecular formula is C13H12F3NO. The van der Waals surface area contributed by atoms with E-state index in [1.54, 1.807) is 0 Å². The van der Waals surface area contributed by atoms with E-state index in [0.717, 1.165) is 25.0 Å². The van der Waals surface area contributed by atoms with Crippen molar-refractivity contribution in [2.45, 2.75) is 31.3 Å². The fourth-order valence-corrected chi connectivity index (χ4v) is 3.03. The van der Waals surface area contributed by atoms with Crippen LogP contribution in [0.25, 0.3) is 0 Å². The lowest BCUT2D eigenvalue weighted by molar-refractivity contribution is 0.0895. The van der Waals surface area contributed by atoms with Gasteiger partial charge in [0.15, 0.2) is 23.2 Å². The van der Waals surface area contributed by atoms with Crippen LogP contribution >= 0.6 is 0 Å². The van der Waals surface area contributed by atoms with Gasteiger partial charge in [0.1, 0.15) is 0 Å². The van der Waals surface area contributed by atoms with Crippen molar-refractivity contribution in [3.8, 4) is 0 Å². The summed E-state index contributed by atoms with van der Waals surface area (Å²) in [7, 11) is 0. The molecule has 0 spiro atoms. The van der Waals surface area contributed by atoms with E-state index in [-0.39, 0.29) is 17.5 Å². The highest BCUT2D eigenvalue weighted by Crippen LogP contribution is 2.35. The van der Waals surface area contributed by atoms with Gasteiger partial charge in [-0.3, -0.25) is 4.79 Å². The molecule has 1 aromatic carbocycles. The fraction of sp³-hybridized carbons (Fsp3) is 0.462. The van der Waals surface area contributed by atoms with Gasteiger partial charge < -0.3 is 5.32 Å². The molecule has 1 N–H and O–H groups in total. The summed E-state index contributed by atoms with van der Waals surface area (Å²) in [4.78, 5) is 12.2. The molecule has 2 fully saturated rings. The minimum Gasteiger partial charge on any atom is -0.310 e. The molecule has 5 heteroatoms. The molecular weight excluding hydrogens is 243 g/mol. The maximum atomic E-state index is 13.6. The topological polar surface area (TPSA) is 29.1 Å². The Hall–Kier alpha value is -1.36. The Morgan fingerprint density at radius 2 is 1.94 bits per heavy atom. The largest absolute Gasteiger partial charge is 0.310 e. The first-order chi connectivity index (χ1) is 8.58. The average molecular weight is 255 g/mol. The van der Waals surface area contributed by atoms with Gasteiger partial charge >= 0.3 is 0 Å². The number of halogens is 3. The van der Waals surface area contributed by atoms with Crippen LogP contribution in [0, 0.1) is 23.4 Å². The van der Waals surface area contributed by atoms with Gasteiger partial charge in [-0.1, -0.05) is 0 Å². The number of benzene rings is 1. The lowest BCUT2D eigenvalue weighted by Crippen LogP contribution is -2.29. The zero-order valence-corrected chi connectivity index (χ0v) is 9.55. The van der Waals surface area contributed by atoms with Gasteiger partial charge in [-0.15, -0.1) is 0 Å². The summed E-state index contributed by atoms with van der Waals surface area (Å²) < 4.78 is 39.5. The highest BCUT2D eigenvalue weighted by molar-refractivity contribution is 5.99. The Bertz CT molecular complexity index is 517. The normalized spacial score (nSPS) is 29.8. The molecule has 3 rings (SSSR count). The first kappa shape index (κ1) is 11.7. The number of rotatable bonds is 2. The summed E-state index contributed by atoms with van der Waals surface area (Å²) in [6, 6.07) is 2.18. The monoisotopic (exact) mass is 255 g/mol. The van der Waals surface area contributed by atoms with Gasteiger partial charge in [-0.25, -0.2) is 13.2 Å². The van der Waals surface area contributed by atoms with Crippen LogP contribution in [0.5, 0.6) is 0 Å². The fourth-order valence-electron chi connectivity index (χ4n) is 3.03. The lowest BCUT2D eigenvalue weighted by atomic mass is 9.83. The van der Waals surface area contributed by atoms with Crippen molar-refractivity contribution in [1.29, 1.82) is 0 Å². The summed E-state index contributed by atoms with van der Waals surface area (Å²) in [5.74, 6) is -4.95. The number of hydrogen-bond donors (Lipinski definition) is 1. The van der Waals surface area contributed by atoms with Gasteiger partial charge in [-0.05, 0) is 31.4 Å². The van der Waals surface area contributed by atoms with E-state index in [1.807, 2.05) is 0 Å². The van der Waals surface area contributed by atoms with Crippen molar-refractivity contribution in [1.82, 2.24) is 5.32 Å². The van der Waals surface area contributed by atoms with E-state index >= 15 is 0 Å². The molecule has 2 aliphatic heterocycles. The molecule has 96 valence electrons. The number of carbonyl (C=O) groups excluding carboxylic acids is 1. The molecule has 2 heterocycles. The Morgan fingerprint density at radius 3 is 2.56 bits per heavy atom. The Kier molecular flexibility index (Phi) is 2.66. The minimum absolute atomic E-state index is 0.0509. The molecule has 2 bridgehead atoms. The Labute approximate surface area is 102 Å². The summed E-state index contributed by atoms with van der Waals surface area (Å²) in [5, 5.41) is 3.26. The Morgan fingerprint density at radius 1 is 1.17 bits per heavy atom. The molecule has 1 aromatic rings. The predicted octanol–water partition coefficient (Wildman–Crippen LogP) is 2.43. The number of Topliss-reactive ketones (excluding diaryl/α,β-unsaturated/α-hetero) is 1. The van der Waals surface area contributed by atoms with Crippen molar-refractivity contribution in [2.75, 3.05) is 0 Å².